The molecule has 0 saturated carbocycles. The van der Waals surface area contributed by atoms with Crippen molar-refractivity contribution < 1.29 is 23.1 Å². The molecule has 0 spiro atoms. The number of hydrogen-bond acceptors (Lipinski definition) is 5. The van der Waals surface area contributed by atoms with Gasteiger partial charge in [-0.05, 0) is 6.92 Å². The van der Waals surface area contributed by atoms with Gasteiger partial charge in [0.1, 0.15) is 11.8 Å². The van der Waals surface area contributed by atoms with Gasteiger partial charge in [0, 0.05) is 0 Å². The van der Waals surface area contributed by atoms with Gasteiger partial charge in [0.2, 0.25) is 11.9 Å². The highest BCUT2D eigenvalue weighted by atomic mass is 19.1. The third-order valence-corrected chi connectivity index (χ3v) is 1.36. The summed E-state index contributed by atoms with van der Waals surface area (Å²) in [5, 5.41) is 0. The summed E-state index contributed by atoms with van der Waals surface area (Å²) in [6.07, 6.45) is 1.94. The van der Waals surface area contributed by atoms with Crippen molar-refractivity contribution in [2.45, 2.75) is 6.92 Å². The van der Waals surface area contributed by atoms with Crippen LogP contribution in [0.25, 0.3) is 0 Å². The van der Waals surface area contributed by atoms with Gasteiger partial charge in [-0.3, -0.25) is 0 Å². The fourth-order valence-electron chi connectivity index (χ4n) is 0.797. The monoisotopic (exact) mass is 199 g/mol. The molecule has 5 nitrogen and oxygen atoms in total. The average molecular weight is 199 g/mol. The van der Waals surface area contributed by atoms with E-state index in [1.54, 1.807) is 6.92 Å². The van der Waals surface area contributed by atoms with Crippen LogP contribution in [0.3, 0.4) is 0 Å². The number of carbonyl (C=O) groups is 1. The number of rotatable bonds is 3. The van der Waals surface area contributed by atoms with Gasteiger partial charge >= 0.3 is 5.97 Å². The second kappa shape index (κ2) is 4.34. The van der Waals surface area contributed by atoms with Crippen LogP contribution in [-0.2, 0) is 9.53 Å². The molecule has 0 radical (unpaired) electrons. The summed E-state index contributed by atoms with van der Waals surface area (Å²) in [7, 11) is 0. The Morgan fingerprint density at radius 2 is 2.50 bits per heavy atom. The van der Waals surface area contributed by atoms with Crippen molar-refractivity contribution in [3.05, 3.63) is 17.6 Å². The van der Waals surface area contributed by atoms with E-state index in [1.165, 1.54) is 0 Å². The van der Waals surface area contributed by atoms with E-state index < -0.39 is 17.7 Å². The predicted octanol–water partition coefficient (Wildman–Crippen LogP) is 1.56. The van der Waals surface area contributed by atoms with Crippen molar-refractivity contribution in [3.63, 3.8) is 0 Å². The lowest BCUT2D eigenvalue weighted by molar-refractivity contribution is 0.0521. The predicted molar refractivity (Wildman–Crippen MR) is 42.4 cm³/mol. The molecule has 0 aliphatic heterocycles. The zero-order valence-corrected chi connectivity index (χ0v) is 7.24. The minimum absolute atomic E-state index is 0.121. The third-order valence-electron chi connectivity index (χ3n) is 1.36. The number of aliphatic imine (C=N–C) groups is 1. The molecule has 0 aliphatic carbocycles. The fourth-order valence-corrected chi connectivity index (χ4v) is 0.797. The van der Waals surface area contributed by atoms with E-state index in [1.807, 2.05) is 0 Å². The smallest absolute Gasteiger partial charge is 0.344 e. The molecule has 0 N–H and O–H groups in total. The number of carbonyl (C=O) groups excluding carboxylic acids is 2. The second-order valence-corrected chi connectivity index (χ2v) is 2.19. The number of esters is 1. The van der Waals surface area contributed by atoms with E-state index in [-0.39, 0.29) is 12.2 Å². The van der Waals surface area contributed by atoms with E-state index in [4.69, 9.17) is 0 Å². The molecular formula is C8H6FNO4. The Bertz CT molecular complexity index is 392. The molecule has 1 aromatic heterocycles. The van der Waals surface area contributed by atoms with Gasteiger partial charge in [-0.1, -0.05) is 0 Å². The molecule has 0 unspecified atom stereocenters. The minimum Gasteiger partial charge on any atom is -0.462 e. The van der Waals surface area contributed by atoms with E-state index >= 15 is 0 Å². The molecule has 0 bridgehead atoms. The Hall–Kier alpha value is -1.94. The van der Waals surface area contributed by atoms with Crippen LogP contribution in [0.15, 0.2) is 15.7 Å². The second-order valence-electron chi connectivity index (χ2n) is 2.19. The first kappa shape index (κ1) is 10.1. The largest absolute Gasteiger partial charge is 0.462 e. The van der Waals surface area contributed by atoms with Gasteiger partial charge < -0.3 is 9.15 Å². The van der Waals surface area contributed by atoms with Crippen molar-refractivity contribution in [2.24, 2.45) is 4.99 Å². The molecule has 0 saturated heterocycles. The molecule has 74 valence electrons. The first-order chi connectivity index (χ1) is 6.70. The zero-order valence-electron chi connectivity index (χ0n) is 7.24. The lowest BCUT2D eigenvalue weighted by Crippen LogP contribution is -2.04. The molecule has 1 aromatic rings. The minimum atomic E-state index is -1.02. The standard InChI is InChI=1S/C8H6FNO4/c1-2-13-8(12)5-3-14-7(6(5)9)10-4-11/h3H,2H2,1H3. The topological polar surface area (TPSA) is 68.9 Å². The normalized spacial score (nSPS) is 9.29. The fraction of sp³-hybridized carbons (Fsp3) is 0.250. The lowest BCUT2D eigenvalue weighted by Gasteiger charge is -1.96. The maximum Gasteiger partial charge on any atom is 0.344 e. The molecular weight excluding hydrogens is 193 g/mol. The van der Waals surface area contributed by atoms with Crippen LogP contribution in [0, 0.1) is 5.82 Å². The highest BCUT2D eigenvalue weighted by Gasteiger charge is 2.20. The summed E-state index contributed by atoms with van der Waals surface area (Å²) in [5.74, 6) is -2.46. The number of ether oxygens (including phenoxy) is 1. The molecule has 1 rings (SSSR count). The van der Waals surface area contributed by atoms with Crippen LogP contribution in [-0.4, -0.2) is 18.7 Å². The van der Waals surface area contributed by atoms with Gasteiger partial charge in [-0.25, -0.2) is 9.59 Å². The Balaban J connectivity index is 3.00. The highest BCUT2D eigenvalue weighted by Crippen LogP contribution is 2.23. The van der Waals surface area contributed by atoms with Crippen LogP contribution < -0.4 is 0 Å². The molecule has 0 atom stereocenters. The first-order valence-electron chi connectivity index (χ1n) is 3.72. The van der Waals surface area contributed by atoms with Gasteiger partial charge in [0.25, 0.3) is 5.88 Å². The van der Waals surface area contributed by atoms with Crippen molar-refractivity contribution >= 4 is 17.9 Å². The zero-order chi connectivity index (χ0) is 10.6. The quantitative estimate of drug-likeness (QED) is 0.420. The van der Waals surface area contributed by atoms with Crippen LogP contribution in [0.4, 0.5) is 10.3 Å². The van der Waals surface area contributed by atoms with Crippen molar-refractivity contribution in [3.8, 4) is 0 Å². The number of hydrogen-bond donors (Lipinski definition) is 0. The van der Waals surface area contributed by atoms with E-state index in [0.717, 1.165) is 12.3 Å². The first-order valence-corrected chi connectivity index (χ1v) is 3.72. The van der Waals surface area contributed by atoms with Crippen molar-refractivity contribution in [2.75, 3.05) is 6.61 Å². The molecule has 0 amide bonds. The maximum absolute atomic E-state index is 13.1. The summed E-state index contributed by atoms with van der Waals surface area (Å²) in [6.45, 7) is 1.70. The van der Waals surface area contributed by atoms with E-state index in [2.05, 4.69) is 14.1 Å². The van der Waals surface area contributed by atoms with E-state index in [9.17, 15) is 14.0 Å². The molecule has 0 fully saturated rings. The van der Waals surface area contributed by atoms with Crippen LogP contribution >= 0.6 is 0 Å². The number of isocyanates is 1. The Morgan fingerprint density at radius 1 is 1.79 bits per heavy atom. The SMILES string of the molecule is CCOC(=O)c1coc(N=C=O)c1F. The van der Waals surface area contributed by atoms with Crippen molar-refractivity contribution in [1.29, 1.82) is 0 Å². The molecule has 1 heterocycles. The average Bonchev–Trinajstić information content (AvgIpc) is 2.49. The van der Waals surface area contributed by atoms with Crippen LogP contribution in [0.5, 0.6) is 0 Å². The Kier molecular flexibility index (Phi) is 3.14. The van der Waals surface area contributed by atoms with Crippen molar-refractivity contribution in [1.82, 2.24) is 0 Å². The lowest BCUT2D eigenvalue weighted by atomic mass is 10.3. The van der Waals surface area contributed by atoms with Gasteiger partial charge in [-0.2, -0.15) is 4.39 Å². The molecule has 0 aromatic carbocycles. The summed E-state index contributed by atoms with van der Waals surface area (Å²) in [6, 6.07) is 0. The van der Waals surface area contributed by atoms with Crippen LogP contribution in [0.2, 0.25) is 0 Å². The summed E-state index contributed by atoms with van der Waals surface area (Å²) < 4.78 is 22.1. The van der Waals surface area contributed by atoms with E-state index in [0.29, 0.717) is 0 Å². The summed E-state index contributed by atoms with van der Waals surface area (Å²) in [4.78, 5) is 23.7. The Morgan fingerprint density at radius 3 is 3.07 bits per heavy atom. The maximum atomic E-state index is 13.1. The number of halogens is 1. The van der Waals surface area contributed by atoms with Gasteiger partial charge in [0.05, 0.1) is 6.61 Å². The third kappa shape index (κ3) is 1.86. The Labute approximate surface area is 78.2 Å². The number of nitrogens with zero attached hydrogens (tertiary/aromatic N) is 1. The summed E-state index contributed by atoms with van der Waals surface area (Å²) >= 11 is 0. The highest BCUT2D eigenvalue weighted by molar-refractivity contribution is 5.90. The van der Waals surface area contributed by atoms with Gasteiger partial charge in [0.15, 0.2) is 0 Å². The molecule has 14 heavy (non-hydrogen) atoms. The van der Waals surface area contributed by atoms with Crippen LogP contribution in [0.1, 0.15) is 17.3 Å². The molecule has 0 aliphatic rings. The number of furan rings is 1. The summed E-state index contributed by atoms with van der Waals surface area (Å²) in [5.41, 5.74) is -0.388. The molecule has 6 heteroatoms. The van der Waals surface area contributed by atoms with Gasteiger partial charge in [-0.15, -0.1) is 4.99 Å².